The highest BCUT2D eigenvalue weighted by molar-refractivity contribution is 5.94. The Labute approximate surface area is 145 Å². The third kappa shape index (κ3) is 3.04. The average molecular weight is 330 g/mol. The van der Waals surface area contributed by atoms with Gasteiger partial charge in [0.15, 0.2) is 0 Å². The summed E-state index contributed by atoms with van der Waals surface area (Å²) in [5.74, 6) is -0.0773. The number of nitrogens with one attached hydrogen (secondary N) is 1. The molecule has 0 saturated heterocycles. The molecule has 0 aliphatic heterocycles. The predicted molar refractivity (Wildman–Crippen MR) is 99.2 cm³/mol. The molecule has 2 aromatic carbocycles. The maximum Gasteiger partial charge on any atom is 0.244 e. The molecule has 0 saturated carbocycles. The van der Waals surface area contributed by atoms with Crippen molar-refractivity contribution in [1.82, 2.24) is 14.3 Å². The van der Waals surface area contributed by atoms with Gasteiger partial charge in [0.2, 0.25) is 5.91 Å². The monoisotopic (exact) mass is 330 g/mol. The van der Waals surface area contributed by atoms with Crippen LogP contribution in [0.3, 0.4) is 0 Å². The topological polar surface area (TPSA) is 51.9 Å². The van der Waals surface area contributed by atoms with Gasteiger partial charge in [-0.1, -0.05) is 48.5 Å². The Morgan fingerprint density at radius 2 is 1.84 bits per heavy atom. The molecule has 1 amide bonds. The average Bonchev–Trinajstić information content (AvgIpc) is 3.19. The fraction of sp³-hybridized carbons (Fsp3) is 0.100. The number of hydrogen-bond donors (Lipinski definition) is 1. The zero-order valence-corrected chi connectivity index (χ0v) is 13.9. The zero-order chi connectivity index (χ0) is 17.2. The summed E-state index contributed by atoms with van der Waals surface area (Å²) in [5, 5.41) is 8.10. The molecule has 0 aliphatic rings. The summed E-state index contributed by atoms with van der Waals surface area (Å²) in [6, 6.07) is 20.4. The molecule has 0 radical (unpaired) electrons. The van der Waals surface area contributed by atoms with E-state index in [0.29, 0.717) is 5.69 Å². The molecule has 2 aromatic heterocycles. The van der Waals surface area contributed by atoms with E-state index in [4.69, 9.17) is 0 Å². The second-order valence-corrected chi connectivity index (χ2v) is 5.99. The summed E-state index contributed by atoms with van der Waals surface area (Å²) >= 11 is 0. The lowest BCUT2D eigenvalue weighted by Gasteiger charge is -2.11. The van der Waals surface area contributed by atoms with Gasteiger partial charge in [-0.05, 0) is 17.7 Å². The van der Waals surface area contributed by atoms with Gasteiger partial charge in [-0.2, -0.15) is 5.10 Å². The molecule has 1 N–H and O–H groups in total. The summed E-state index contributed by atoms with van der Waals surface area (Å²) in [6.07, 6.45) is 3.42. The summed E-state index contributed by atoms with van der Waals surface area (Å²) in [5.41, 5.74) is 3.86. The highest BCUT2D eigenvalue weighted by Gasteiger charge is 2.13. The van der Waals surface area contributed by atoms with Crippen LogP contribution in [0, 0.1) is 0 Å². The molecule has 4 rings (SSSR count). The van der Waals surface area contributed by atoms with Crippen molar-refractivity contribution in [1.29, 1.82) is 0 Å². The van der Waals surface area contributed by atoms with Crippen LogP contribution >= 0.6 is 0 Å². The maximum atomic E-state index is 12.5. The number of anilines is 1. The van der Waals surface area contributed by atoms with Gasteiger partial charge in [0.25, 0.3) is 0 Å². The number of fused-ring (bicyclic) bond motifs is 1. The number of carbonyl (C=O) groups excluding carboxylic acids is 1. The van der Waals surface area contributed by atoms with E-state index in [1.165, 1.54) is 0 Å². The molecule has 0 unspecified atom stereocenters. The molecule has 5 nitrogen and oxygen atoms in total. The van der Waals surface area contributed by atoms with Crippen molar-refractivity contribution in [3.63, 3.8) is 0 Å². The van der Waals surface area contributed by atoms with Crippen molar-refractivity contribution in [2.75, 3.05) is 5.32 Å². The highest BCUT2D eigenvalue weighted by atomic mass is 16.1. The van der Waals surface area contributed by atoms with E-state index in [1.54, 1.807) is 17.1 Å². The number of hydrogen-bond acceptors (Lipinski definition) is 2. The van der Waals surface area contributed by atoms with Crippen LogP contribution < -0.4 is 5.32 Å². The third-order valence-electron chi connectivity index (χ3n) is 4.17. The van der Waals surface area contributed by atoms with Crippen LogP contribution in [0.2, 0.25) is 0 Å². The van der Waals surface area contributed by atoms with Gasteiger partial charge in [0.05, 0.1) is 11.9 Å². The largest absolute Gasteiger partial charge is 0.331 e. The molecular weight excluding hydrogens is 312 g/mol. The van der Waals surface area contributed by atoms with Crippen LogP contribution in [0.1, 0.15) is 0 Å². The zero-order valence-electron chi connectivity index (χ0n) is 13.9. The van der Waals surface area contributed by atoms with Gasteiger partial charge >= 0.3 is 0 Å². The summed E-state index contributed by atoms with van der Waals surface area (Å²) in [4.78, 5) is 12.5. The van der Waals surface area contributed by atoms with Gasteiger partial charge in [0, 0.05) is 29.8 Å². The molecule has 0 spiro atoms. The number of amides is 1. The van der Waals surface area contributed by atoms with Crippen molar-refractivity contribution in [3.8, 4) is 11.3 Å². The van der Waals surface area contributed by atoms with Crippen molar-refractivity contribution >= 4 is 22.5 Å². The Hall–Kier alpha value is -3.34. The van der Waals surface area contributed by atoms with Crippen molar-refractivity contribution in [2.24, 2.45) is 7.05 Å². The van der Waals surface area contributed by atoms with E-state index < -0.39 is 0 Å². The fourth-order valence-corrected chi connectivity index (χ4v) is 3.06. The molecule has 0 fully saturated rings. The Morgan fingerprint density at radius 1 is 1.08 bits per heavy atom. The van der Waals surface area contributed by atoms with Crippen molar-refractivity contribution in [2.45, 2.75) is 6.54 Å². The third-order valence-corrected chi connectivity index (χ3v) is 4.17. The number of rotatable bonds is 4. The molecule has 0 aliphatic carbocycles. The van der Waals surface area contributed by atoms with Gasteiger partial charge in [0.1, 0.15) is 6.54 Å². The summed E-state index contributed by atoms with van der Waals surface area (Å²) in [7, 11) is 1.82. The van der Waals surface area contributed by atoms with E-state index in [1.807, 2.05) is 43.4 Å². The first-order chi connectivity index (χ1) is 12.2. The van der Waals surface area contributed by atoms with Crippen LogP contribution in [0.15, 0.2) is 73.1 Å². The Morgan fingerprint density at radius 3 is 2.60 bits per heavy atom. The number of aromatic nitrogens is 3. The molecule has 0 atom stereocenters. The number of nitrogens with zero attached hydrogens (tertiary/aromatic N) is 3. The SMILES string of the molecule is Cn1cc(NC(=O)Cn2c(-c3ccccc3)cc3ccccc32)cn1. The first-order valence-electron chi connectivity index (χ1n) is 8.13. The fourth-order valence-electron chi connectivity index (χ4n) is 3.06. The van der Waals surface area contributed by atoms with Crippen LogP contribution in [0.5, 0.6) is 0 Å². The molecule has 124 valence electrons. The van der Waals surface area contributed by atoms with Crippen LogP contribution in [0.4, 0.5) is 5.69 Å². The summed E-state index contributed by atoms with van der Waals surface area (Å²) in [6.45, 7) is 0.243. The van der Waals surface area contributed by atoms with Crippen LogP contribution in [-0.2, 0) is 18.4 Å². The standard InChI is InChI=1S/C20H18N4O/c1-23-13-17(12-21-23)22-20(25)14-24-18-10-6-5-9-16(18)11-19(24)15-7-3-2-4-8-15/h2-13H,14H2,1H3,(H,22,25). The second-order valence-electron chi connectivity index (χ2n) is 5.99. The van der Waals surface area contributed by atoms with Crippen molar-refractivity contribution in [3.05, 3.63) is 73.1 Å². The molecule has 2 heterocycles. The second kappa shape index (κ2) is 6.28. The molecule has 5 heteroatoms. The first kappa shape index (κ1) is 15.2. The Balaban J connectivity index is 1.71. The molecule has 25 heavy (non-hydrogen) atoms. The number of carbonyl (C=O) groups is 1. The van der Waals surface area contributed by atoms with E-state index in [9.17, 15) is 4.79 Å². The minimum atomic E-state index is -0.0773. The van der Waals surface area contributed by atoms with Gasteiger partial charge in [-0.15, -0.1) is 0 Å². The minimum Gasteiger partial charge on any atom is -0.331 e. The van der Waals surface area contributed by atoms with E-state index in [2.05, 4.69) is 39.2 Å². The first-order valence-corrected chi connectivity index (χ1v) is 8.13. The van der Waals surface area contributed by atoms with Crippen molar-refractivity contribution < 1.29 is 4.79 Å². The Kier molecular flexibility index (Phi) is 3.82. The maximum absolute atomic E-state index is 12.5. The van der Waals surface area contributed by atoms with E-state index in [0.717, 1.165) is 22.2 Å². The van der Waals surface area contributed by atoms with Crippen LogP contribution in [0.25, 0.3) is 22.2 Å². The lowest BCUT2D eigenvalue weighted by molar-refractivity contribution is -0.116. The number of benzene rings is 2. The normalized spacial score (nSPS) is 10.9. The van der Waals surface area contributed by atoms with Gasteiger partial charge in [-0.3, -0.25) is 9.48 Å². The lowest BCUT2D eigenvalue weighted by atomic mass is 10.1. The highest BCUT2D eigenvalue weighted by Crippen LogP contribution is 2.28. The number of para-hydroxylation sites is 1. The number of aryl methyl sites for hydroxylation is 1. The molecule has 0 bridgehead atoms. The van der Waals surface area contributed by atoms with Gasteiger partial charge < -0.3 is 9.88 Å². The minimum absolute atomic E-state index is 0.0773. The predicted octanol–water partition coefficient (Wildman–Crippen LogP) is 3.68. The molecule has 4 aromatic rings. The lowest BCUT2D eigenvalue weighted by Crippen LogP contribution is -2.19. The van der Waals surface area contributed by atoms with Gasteiger partial charge in [-0.25, -0.2) is 0 Å². The van der Waals surface area contributed by atoms with Crippen LogP contribution in [-0.4, -0.2) is 20.3 Å². The Bertz CT molecular complexity index is 1030. The molecular formula is C20H18N4O. The summed E-state index contributed by atoms with van der Waals surface area (Å²) < 4.78 is 3.71. The smallest absolute Gasteiger partial charge is 0.244 e. The quantitative estimate of drug-likeness (QED) is 0.620. The van der Waals surface area contributed by atoms with E-state index in [-0.39, 0.29) is 12.5 Å². The van der Waals surface area contributed by atoms with E-state index >= 15 is 0 Å².